The van der Waals surface area contributed by atoms with Gasteiger partial charge in [-0.3, -0.25) is 0 Å². The predicted molar refractivity (Wildman–Crippen MR) is 76.1 cm³/mol. The number of nitrogen functional groups attached to an aromatic ring is 1. The summed E-state index contributed by atoms with van der Waals surface area (Å²) in [6, 6.07) is 0. The number of hydrogen-bond donors (Lipinski definition) is 1. The summed E-state index contributed by atoms with van der Waals surface area (Å²) in [6.07, 6.45) is 5.41. The van der Waals surface area contributed by atoms with Crippen molar-refractivity contribution in [2.45, 2.75) is 43.8 Å². The Balaban J connectivity index is 2.30. The van der Waals surface area contributed by atoms with Gasteiger partial charge in [-0.15, -0.1) is 0 Å². The summed E-state index contributed by atoms with van der Waals surface area (Å²) in [6.45, 7) is 5.97. The van der Waals surface area contributed by atoms with Crippen molar-refractivity contribution in [2.75, 3.05) is 5.73 Å². The van der Waals surface area contributed by atoms with E-state index in [0.29, 0.717) is 11.0 Å². The molecule has 0 radical (unpaired) electrons. The molecule has 0 aliphatic heterocycles. The zero-order valence-corrected chi connectivity index (χ0v) is 12.2. The first-order valence-electron chi connectivity index (χ1n) is 6.19. The van der Waals surface area contributed by atoms with Crippen molar-refractivity contribution in [2.24, 2.45) is 0 Å². The lowest BCUT2D eigenvalue weighted by molar-refractivity contribution is 0.804. The van der Waals surface area contributed by atoms with E-state index >= 15 is 0 Å². The van der Waals surface area contributed by atoms with Crippen LogP contribution in [0.25, 0.3) is 0 Å². The van der Waals surface area contributed by atoms with E-state index < -0.39 is 0 Å². The molecule has 100 valence electrons. The topological polar surface area (TPSA) is 77.6 Å². The molecule has 0 atom stereocenters. The van der Waals surface area contributed by atoms with Crippen molar-refractivity contribution in [3.63, 3.8) is 0 Å². The van der Waals surface area contributed by atoms with Crippen LogP contribution in [0.15, 0.2) is 22.6 Å². The minimum atomic E-state index is 0.535. The van der Waals surface area contributed by atoms with Crippen molar-refractivity contribution < 1.29 is 0 Å². The molecule has 2 heterocycles. The summed E-state index contributed by atoms with van der Waals surface area (Å²) in [4.78, 5) is 17.4. The Hall–Kier alpha value is -1.69. The number of nitrogens with two attached hydrogens (primary N) is 1. The van der Waals surface area contributed by atoms with E-state index in [2.05, 4.69) is 26.9 Å². The molecule has 5 nitrogen and oxygen atoms in total. The Morgan fingerprint density at radius 2 is 1.84 bits per heavy atom. The van der Waals surface area contributed by atoms with Gasteiger partial charge in [-0.25, -0.2) is 19.9 Å². The molecule has 0 saturated heterocycles. The van der Waals surface area contributed by atoms with Gasteiger partial charge in [0.1, 0.15) is 16.7 Å². The molecule has 0 unspecified atom stereocenters. The van der Waals surface area contributed by atoms with Crippen LogP contribution in [0.3, 0.4) is 0 Å². The third-order valence-corrected chi connectivity index (χ3v) is 3.59. The maximum absolute atomic E-state index is 5.92. The molecule has 2 aromatic rings. The molecule has 2 rings (SSSR count). The highest BCUT2D eigenvalue weighted by molar-refractivity contribution is 7.99. The predicted octanol–water partition coefficient (Wildman–Crippen LogP) is 2.57. The standard InChI is InChI=1S/C13H17N5S/c1-4-5-10-17-11(14)9(3)12(18-10)19-13-15-6-8(2)7-16-13/h6-7H,4-5H2,1-3H3,(H2,14,17,18). The second kappa shape index (κ2) is 5.97. The Labute approximate surface area is 117 Å². The first-order chi connectivity index (χ1) is 9.10. The smallest absolute Gasteiger partial charge is 0.193 e. The van der Waals surface area contributed by atoms with Gasteiger partial charge in [0, 0.05) is 24.4 Å². The summed E-state index contributed by atoms with van der Waals surface area (Å²) in [5.41, 5.74) is 7.84. The van der Waals surface area contributed by atoms with Gasteiger partial charge in [0.2, 0.25) is 0 Å². The molecule has 0 saturated carbocycles. The van der Waals surface area contributed by atoms with Crippen LogP contribution in [0.2, 0.25) is 0 Å². The summed E-state index contributed by atoms with van der Waals surface area (Å²) < 4.78 is 0. The molecule has 2 aromatic heterocycles. The Morgan fingerprint density at radius 1 is 1.16 bits per heavy atom. The van der Waals surface area contributed by atoms with Crippen molar-refractivity contribution in [3.05, 3.63) is 29.3 Å². The molecular weight excluding hydrogens is 258 g/mol. The third-order valence-electron chi connectivity index (χ3n) is 2.60. The van der Waals surface area contributed by atoms with E-state index in [-0.39, 0.29) is 0 Å². The average Bonchev–Trinajstić information content (AvgIpc) is 2.38. The number of hydrogen-bond acceptors (Lipinski definition) is 6. The van der Waals surface area contributed by atoms with E-state index in [0.717, 1.165) is 34.8 Å². The lowest BCUT2D eigenvalue weighted by Gasteiger charge is -2.08. The lowest BCUT2D eigenvalue weighted by atomic mass is 10.3. The fourth-order valence-corrected chi connectivity index (χ4v) is 2.31. The first kappa shape index (κ1) is 13.7. The highest BCUT2D eigenvalue weighted by Crippen LogP contribution is 2.28. The Morgan fingerprint density at radius 3 is 2.47 bits per heavy atom. The van der Waals surface area contributed by atoms with E-state index in [1.54, 1.807) is 12.4 Å². The van der Waals surface area contributed by atoms with Gasteiger partial charge in [-0.1, -0.05) is 6.92 Å². The van der Waals surface area contributed by atoms with Crippen molar-refractivity contribution in [3.8, 4) is 0 Å². The fourth-order valence-electron chi connectivity index (χ4n) is 1.51. The van der Waals surface area contributed by atoms with Crippen LogP contribution < -0.4 is 5.73 Å². The fraction of sp³-hybridized carbons (Fsp3) is 0.385. The monoisotopic (exact) mass is 275 g/mol. The summed E-state index contributed by atoms with van der Waals surface area (Å²) in [5.74, 6) is 1.31. The number of anilines is 1. The quantitative estimate of drug-likeness (QED) is 0.682. The molecule has 0 aliphatic carbocycles. The van der Waals surface area contributed by atoms with Gasteiger partial charge in [-0.2, -0.15) is 0 Å². The average molecular weight is 275 g/mol. The Bertz CT molecular complexity index is 568. The van der Waals surface area contributed by atoms with Crippen LogP contribution in [0.4, 0.5) is 5.82 Å². The molecule has 19 heavy (non-hydrogen) atoms. The zero-order chi connectivity index (χ0) is 13.8. The summed E-state index contributed by atoms with van der Waals surface area (Å²) in [7, 11) is 0. The third kappa shape index (κ3) is 3.41. The molecular formula is C13H17N5S. The highest BCUT2D eigenvalue weighted by Gasteiger charge is 2.11. The highest BCUT2D eigenvalue weighted by atomic mass is 32.2. The largest absolute Gasteiger partial charge is 0.383 e. The molecule has 0 spiro atoms. The maximum atomic E-state index is 5.92. The zero-order valence-electron chi connectivity index (χ0n) is 11.3. The normalized spacial score (nSPS) is 10.7. The second-order valence-corrected chi connectivity index (χ2v) is 5.31. The van der Waals surface area contributed by atoms with Crippen molar-refractivity contribution in [1.82, 2.24) is 19.9 Å². The molecule has 2 N–H and O–H groups in total. The number of aromatic nitrogens is 4. The van der Waals surface area contributed by atoms with Gasteiger partial charge in [0.15, 0.2) is 5.16 Å². The van der Waals surface area contributed by atoms with Crippen LogP contribution in [-0.2, 0) is 6.42 Å². The molecule has 6 heteroatoms. The molecule has 0 bridgehead atoms. The number of aryl methyl sites for hydroxylation is 2. The summed E-state index contributed by atoms with van der Waals surface area (Å²) in [5, 5.41) is 1.51. The minimum Gasteiger partial charge on any atom is -0.383 e. The van der Waals surface area contributed by atoms with Crippen molar-refractivity contribution in [1.29, 1.82) is 0 Å². The Kier molecular flexibility index (Phi) is 4.31. The molecule has 0 aliphatic rings. The molecule has 0 fully saturated rings. The van der Waals surface area contributed by atoms with E-state index in [4.69, 9.17) is 5.73 Å². The number of nitrogens with zero attached hydrogens (tertiary/aromatic N) is 4. The first-order valence-corrected chi connectivity index (χ1v) is 7.01. The minimum absolute atomic E-state index is 0.535. The number of rotatable bonds is 4. The van der Waals surface area contributed by atoms with Crippen LogP contribution >= 0.6 is 11.8 Å². The lowest BCUT2D eigenvalue weighted by Crippen LogP contribution is -2.04. The van der Waals surface area contributed by atoms with Gasteiger partial charge < -0.3 is 5.73 Å². The van der Waals surface area contributed by atoms with Crippen LogP contribution in [0.1, 0.15) is 30.3 Å². The van der Waals surface area contributed by atoms with E-state index in [1.807, 2.05) is 13.8 Å². The summed E-state index contributed by atoms with van der Waals surface area (Å²) >= 11 is 1.42. The molecule has 0 amide bonds. The van der Waals surface area contributed by atoms with Gasteiger partial charge in [0.05, 0.1) is 0 Å². The maximum Gasteiger partial charge on any atom is 0.193 e. The van der Waals surface area contributed by atoms with E-state index in [1.165, 1.54) is 11.8 Å². The van der Waals surface area contributed by atoms with Crippen LogP contribution in [-0.4, -0.2) is 19.9 Å². The van der Waals surface area contributed by atoms with Gasteiger partial charge in [0.25, 0.3) is 0 Å². The van der Waals surface area contributed by atoms with Crippen LogP contribution in [0.5, 0.6) is 0 Å². The van der Waals surface area contributed by atoms with Crippen LogP contribution in [0, 0.1) is 13.8 Å². The van der Waals surface area contributed by atoms with Gasteiger partial charge >= 0.3 is 0 Å². The second-order valence-electron chi connectivity index (χ2n) is 4.35. The van der Waals surface area contributed by atoms with E-state index in [9.17, 15) is 0 Å². The molecule has 0 aromatic carbocycles. The van der Waals surface area contributed by atoms with Gasteiger partial charge in [-0.05, 0) is 37.6 Å². The SMILES string of the molecule is CCCc1nc(N)c(C)c(Sc2ncc(C)cn2)n1. The van der Waals surface area contributed by atoms with Crippen molar-refractivity contribution >= 4 is 17.6 Å².